The number of benzene rings is 1. The lowest BCUT2D eigenvalue weighted by atomic mass is 10.0. The molecule has 3 N–H and O–H groups in total. The number of rotatable bonds is 7. The number of hydrogen-bond donors (Lipinski definition) is 3. The summed E-state index contributed by atoms with van der Waals surface area (Å²) in [5, 5.41) is 9.98. The van der Waals surface area contributed by atoms with Crippen LogP contribution >= 0.6 is 22.9 Å². The number of ether oxygens (including phenoxy) is 1. The summed E-state index contributed by atoms with van der Waals surface area (Å²) in [6.07, 6.45) is 0.798. The molecule has 2 aromatic rings. The number of thiophene rings is 1. The predicted molar refractivity (Wildman–Crippen MR) is 133 cm³/mol. The smallest absolute Gasteiger partial charge is 0.324 e. The Kier molecular flexibility index (Phi) is 8.21. The Bertz CT molecular complexity index is 975. The zero-order valence-corrected chi connectivity index (χ0v) is 20.4. The number of hydrogen-bond acceptors (Lipinski definition) is 6. The van der Waals surface area contributed by atoms with Gasteiger partial charge < -0.3 is 15.4 Å². The maximum absolute atomic E-state index is 13.2. The van der Waals surface area contributed by atoms with Crippen molar-refractivity contribution in [3.63, 3.8) is 0 Å². The zero-order chi connectivity index (χ0) is 23.2. The molecular weight excluding hydrogens is 462 g/mol. The van der Waals surface area contributed by atoms with Crippen LogP contribution in [0, 0.1) is 0 Å². The van der Waals surface area contributed by atoms with Gasteiger partial charge in [-0.25, -0.2) is 4.79 Å². The maximum Gasteiger partial charge on any atom is 0.324 e. The van der Waals surface area contributed by atoms with Crippen LogP contribution in [0.1, 0.15) is 27.7 Å². The van der Waals surface area contributed by atoms with Crippen molar-refractivity contribution in [2.75, 3.05) is 63.1 Å². The normalized spacial score (nSPS) is 16.8. The lowest BCUT2D eigenvalue weighted by Crippen LogP contribution is -2.41. The monoisotopic (exact) mass is 491 g/mol. The Morgan fingerprint density at radius 2 is 1.85 bits per heavy atom. The van der Waals surface area contributed by atoms with Gasteiger partial charge in [0.25, 0.3) is 5.91 Å². The number of carbonyl (C=O) groups excluding carboxylic acids is 2. The number of fused-ring (bicyclic) bond motifs is 1. The van der Waals surface area contributed by atoms with Gasteiger partial charge in [-0.05, 0) is 42.8 Å². The molecule has 3 heterocycles. The standard InChI is InChI=1S/C23H30ClN5O3S/c1-2-28-9-7-18-19(15-28)33-22(27-23(31)26-17-5-3-16(24)4-6-17)20(18)21(30)25-8-10-29-11-13-32-14-12-29/h3-6H,2,7-15H2,1H3,(H,25,30)(H2,26,27,31). The van der Waals surface area contributed by atoms with Crippen molar-refractivity contribution in [1.82, 2.24) is 15.1 Å². The van der Waals surface area contributed by atoms with Crippen molar-refractivity contribution >= 4 is 45.6 Å². The van der Waals surface area contributed by atoms with Crippen molar-refractivity contribution in [1.29, 1.82) is 0 Å². The van der Waals surface area contributed by atoms with E-state index in [1.807, 2.05) is 0 Å². The van der Waals surface area contributed by atoms with Gasteiger partial charge in [-0.1, -0.05) is 18.5 Å². The van der Waals surface area contributed by atoms with Crippen LogP contribution in [-0.4, -0.2) is 74.2 Å². The third-order valence-electron chi connectivity index (χ3n) is 5.96. The molecule has 0 spiro atoms. The number of anilines is 2. The minimum absolute atomic E-state index is 0.132. The van der Waals surface area contributed by atoms with E-state index in [1.165, 1.54) is 11.3 Å². The van der Waals surface area contributed by atoms with Gasteiger partial charge in [0.1, 0.15) is 5.00 Å². The molecule has 33 heavy (non-hydrogen) atoms. The summed E-state index contributed by atoms with van der Waals surface area (Å²) in [6, 6.07) is 6.52. The fraction of sp³-hybridized carbons (Fsp3) is 0.478. The third kappa shape index (κ3) is 6.24. The van der Waals surface area contributed by atoms with Crippen LogP contribution in [0.5, 0.6) is 0 Å². The Labute approximate surface area is 203 Å². The molecule has 0 saturated carbocycles. The molecule has 0 bridgehead atoms. The van der Waals surface area contributed by atoms with Crippen molar-refractivity contribution in [3.8, 4) is 0 Å². The van der Waals surface area contributed by atoms with Crippen molar-refractivity contribution < 1.29 is 14.3 Å². The molecule has 10 heteroatoms. The molecule has 8 nitrogen and oxygen atoms in total. The second-order valence-electron chi connectivity index (χ2n) is 8.12. The Morgan fingerprint density at radius 3 is 2.58 bits per heavy atom. The summed E-state index contributed by atoms with van der Waals surface area (Å²) < 4.78 is 5.38. The van der Waals surface area contributed by atoms with Gasteiger partial charge in [0.2, 0.25) is 0 Å². The first-order valence-electron chi connectivity index (χ1n) is 11.3. The summed E-state index contributed by atoms with van der Waals surface area (Å²) in [6.45, 7) is 9.37. The van der Waals surface area contributed by atoms with Gasteiger partial charge >= 0.3 is 6.03 Å². The molecule has 1 saturated heterocycles. The molecule has 178 valence electrons. The number of carbonyl (C=O) groups is 2. The van der Waals surface area contributed by atoms with Crippen molar-refractivity contribution in [2.45, 2.75) is 19.9 Å². The van der Waals surface area contributed by atoms with Crippen LogP contribution in [0.15, 0.2) is 24.3 Å². The second-order valence-corrected chi connectivity index (χ2v) is 9.66. The number of nitrogens with one attached hydrogen (secondary N) is 3. The fourth-order valence-corrected chi connectivity index (χ4v) is 5.50. The van der Waals surface area contributed by atoms with Gasteiger partial charge in [-0.2, -0.15) is 0 Å². The highest BCUT2D eigenvalue weighted by Gasteiger charge is 2.28. The number of morpholine rings is 1. The van der Waals surface area contributed by atoms with Gasteiger partial charge in [-0.15, -0.1) is 11.3 Å². The lowest BCUT2D eigenvalue weighted by Gasteiger charge is -2.27. The lowest BCUT2D eigenvalue weighted by molar-refractivity contribution is 0.0383. The minimum atomic E-state index is -0.384. The highest BCUT2D eigenvalue weighted by Crippen LogP contribution is 2.37. The second kappa shape index (κ2) is 11.3. The van der Waals surface area contributed by atoms with E-state index in [1.54, 1.807) is 24.3 Å². The van der Waals surface area contributed by atoms with E-state index in [4.69, 9.17) is 16.3 Å². The molecule has 1 fully saturated rings. The van der Waals surface area contributed by atoms with Crippen LogP contribution in [0.2, 0.25) is 5.02 Å². The molecule has 2 aliphatic heterocycles. The van der Waals surface area contributed by atoms with E-state index < -0.39 is 0 Å². The van der Waals surface area contributed by atoms with E-state index >= 15 is 0 Å². The Morgan fingerprint density at radius 1 is 1.09 bits per heavy atom. The molecule has 0 radical (unpaired) electrons. The molecule has 2 aliphatic rings. The van der Waals surface area contributed by atoms with E-state index in [-0.39, 0.29) is 11.9 Å². The number of urea groups is 1. The summed E-state index contributed by atoms with van der Waals surface area (Å²) in [4.78, 5) is 31.7. The zero-order valence-electron chi connectivity index (χ0n) is 18.8. The first-order valence-corrected chi connectivity index (χ1v) is 12.5. The van der Waals surface area contributed by atoms with Crippen molar-refractivity contribution in [3.05, 3.63) is 45.3 Å². The molecule has 0 atom stereocenters. The topological polar surface area (TPSA) is 85.9 Å². The quantitative estimate of drug-likeness (QED) is 0.552. The van der Waals surface area contributed by atoms with E-state index in [0.29, 0.717) is 27.8 Å². The van der Waals surface area contributed by atoms with Crippen LogP contribution < -0.4 is 16.0 Å². The molecule has 3 amide bonds. The molecule has 0 unspecified atom stereocenters. The van der Waals surface area contributed by atoms with Gasteiger partial charge in [0.15, 0.2) is 0 Å². The summed E-state index contributed by atoms with van der Waals surface area (Å²) in [5.41, 5.74) is 2.28. The highest BCUT2D eigenvalue weighted by molar-refractivity contribution is 7.17. The molecule has 1 aromatic carbocycles. The van der Waals surface area contributed by atoms with E-state index in [2.05, 4.69) is 32.7 Å². The highest BCUT2D eigenvalue weighted by atomic mass is 35.5. The number of halogens is 1. The molecule has 1 aromatic heterocycles. The summed E-state index contributed by atoms with van der Waals surface area (Å²) in [7, 11) is 0. The Balaban J connectivity index is 1.46. The van der Waals surface area contributed by atoms with E-state index in [9.17, 15) is 9.59 Å². The van der Waals surface area contributed by atoms with Gasteiger partial charge in [0, 0.05) is 54.9 Å². The van der Waals surface area contributed by atoms with E-state index in [0.717, 1.165) is 69.3 Å². The summed E-state index contributed by atoms with van der Waals surface area (Å²) >= 11 is 7.41. The minimum Gasteiger partial charge on any atom is -0.379 e. The van der Waals surface area contributed by atoms with Crippen LogP contribution in [0.25, 0.3) is 0 Å². The average molecular weight is 492 g/mol. The number of nitrogens with zero attached hydrogens (tertiary/aromatic N) is 2. The predicted octanol–water partition coefficient (Wildman–Crippen LogP) is 3.49. The van der Waals surface area contributed by atoms with Gasteiger partial charge in [0.05, 0.1) is 18.8 Å². The average Bonchev–Trinajstić information content (AvgIpc) is 3.17. The SMILES string of the molecule is CCN1CCc2c(sc(NC(=O)Nc3ccc(Cl)cc3)c2C(=O)NCCN2CCOCC2)C1. The van der Waals surface area contributed by atoms with Gasteiger partial charge in [-0.3, -0.25) is 19.9 Å². The Hall–Kier alpha value is -2.17. The molecular formula is C23H30ClN5O3S. The number of likely N-dealkylation sites (N-methyl/N-ethyl adjacent to an activating group) is 1. The van der Waals surface area contributed by atoms with Crippen molar-refractivity contribution in [2.24, 2.45) is 0 Å². The maximum atomic E-state index is 13.2. The number of amides is 3. The first kappa shape index (κ1) is 24.0. The van der Waals surface area contributed by atoms with Crippen LogP contribution in [-0.2, 0) is 17.7 Å². The third-order valence-corrected chi connectivity index (χ3v) is 7.34. The molecule has 4 rings (SSSR count). The van der Waals surface area contributed by atoms with Crippen LogP contribution in [0.4, 0.5) is 15.5 Å². The largest absolute Gasteiger partial charge is 0.379 e. The first-order chi connectivity index (χ1) is 16.0. The molecule has 0 aliphatic carbocycles. The summed E-state index contributed by atoms with van der Waals surface area (Å²) in [5.74, 6) is -0.132. The van der Waals surface area contributed by atoms with Crippen LogP contribution in [0.3, 0.4) is 0 Å². The fourth-order valence-electron chi connectivity index (χ4n) is 4.09.